The van der Waals surface area contributed by atoms with Crippen molar-refractivity contribution in [3.8, 4) is 0 Å². The van der Waals surface area contributed by atoms with Crippen molar-refractivity contribution in [1.82, 2.24) is 0 Å². The van der Waals surface area contributed by atoms with Crippen LogP contribution in [-0.4, -0.2) is 97.3 Å². The number of phosphoric acid groups is 1. The van der Waals surface area contributed by atoms with Crippen LogP contribution in [-0.2, 0) is 32.7 Å². The molecule has 0 spiro atoms. The first-order valence-electron chi connectivity index (χ1n) is 21.1. The molecule has 0 radical (unpaired) electrons. The fourth-order valence-electron chi connectivity index (χ4n) is 5.40. The zero-order valence-electron chi connectivity index (χ0n) is 35.1. The lowest BCUT2D eigenvalue weighted by Crippen LogP contribution is -2.37. The Balaban J connectivity index is 4.65. The molecule has 0 aromatic carbocycles. The van der Waals surface area contributed by atoms with E-state index in [2.05, 4.69) is 13.8 Å². The molecule has 0 aromatic rings. The number of nitrogens with zero attached hydrogens (tertiary/aromatic N) is 1. The Hall–Kier alpha value is -2.11. The van der Waals surface area contributed by atoms with Crippen molar-refractivity contribution in [1.29, 1.82) is 0 Å². The predicted molar refractivity (Wildman–Crippen MR) is 222 cm³/mol. The second-order valence-electron chi connectivity index (χ2n) is 15.4. The molecular weight excluding hydrogens is 721 g/mol. The molecular formula is C43H79NO10P+. The molecule has 4 atom stereocenters. The molecule has 0 aliphatic heterocycles. The molecule has 0 fully saturated rings. The maximum atomic E-state index is 12.7. The summed E-state index contributed by atoms with van der Waals surface area (Å²) in [6.45, 7) is 4.03. The SMILES string of the molecule is CCCCCCCCCCCCCCC(=O)OC[C@H](COP(=O)(O)OCC[N+](C)(C)C)OC(=O)CCC[C@H](O)/C=C/C=C\C/C=C\C=C\[C@H](O)CCCCC. The first-order valence-corrected chi connectivity index (χ1v) is 22.6. The molecule has 1 unspecified atom stereocenters. The van der Waals surface area contributed by atoms with Gasteiger partial charge in [0.1, 0.15) is 19.8 Å². The van der Waals surface area contributed by atoms with Crippen LogP contribution < -0.4 is 0 Å². The van der Waals surface area contributed by atoms with Gasteiger partial charge in [0.25, 0.3) is 0 Å². The van der Waals surface area contributed by atoms with Gasteiger partial charge in [-0.1, -0.05) is 152 Å². The van der Waals surface area contributed by atoms with Crippen LogP contribution in [0.5, 0.6) is 0 Å². The molecule has 12 heteroatoms. The van der Waals surface area contributed by atoms with Crippen molar-refractivity contribution in [3.05, 3.63) is 48.6 Å². The van der Waals surface area contributed by atoms with E-state index in [1.165, 1.54) is 51.4 Å². The van der Waals surface area contributed by atoms with Crippen LogP contribution in [0.3, 0.4) is 0 Å². The van der Waals surface area contributed by atoms with Crippen LogP contribution in [0.15, 0.2) is 48.6 Å². The van der Waals surface area contributed by atoms with Gasteiger partial charge in [0.15, 0.2) is 6.10 Å². The number of hydrogen-bond donors (Lipinski definition) is 3. The normalized spacial score (nSPS) is 15.3. The van der Waals surface area contributed by atoms with E-state index in [9.17, 15) is 29.3 Å². The number of carbonyl (C=O) groups excluding carboxylic acids is 2. The Morgan fingerprint density at radius 1 is 0.636 bits per heavy atom. The highest BCUT2D eigenvalue weighted by molar-refractivity contribution is 7.47. The molecule has 0 heterocycles. The molecule has 0 bridgehead atoms. The average molecular weight is 801 g/mol. The van der Waals surface area contributed by atoms with Crippen molar-refractivity contribution in [2.45, 2.75) is 167 Å². The molecule has 0 aromatic heterocycles. The van der Waals surface area contributed by atoms with Crippen LogP contribution >= 0.6 is 7.82 Å². The fourth-order valence-corrected chi connectivity index (χ4v) is 6.14. The van der Waals surface area contributed by atoms with Gasteiger partial charge in [-0.05, 0) is 32.1 Å². The Morgan fingerprint density at radius 2 is 1.13 bits per heavy atom. The Bertz CT molecular complexity index is 1120. The molecule has 0 aliphatic rings. The van der Waals surface area contributed by atoms with Crippen LogP contribution in [0.4, 0.5) is 0 Å². The Kier molecular flexibility index (Phi) is 33.7. The number of esters is 2. The topological polar surface area (TPSA) is 149 Å². The average Bonchev–Trinajstić information content (AvgIpc) is 3.12. The molecule has 11 nitrogen and oxygen atoms in total. The van der Waals surface area contributed by atoms with E-state index in [0.29, 0.717) is 36.7 Å². The molecule has 3 N–H and O–H groups in total. The number of quaternary nitrogens is 1. The fraction of sp³-hybridized carbons (Fsp3) is 0.767. The summed E-state index contributed by atoms with van der Waals surface area (Å²) in [6.07, 6.45) is 32.3. The van der Waals surface area contributed by atoms with Crippen molar-refractivity contribution in [2.24, 2.45) is 0 Å². The molecule has 0 aliphatic carbocycles. The van der Waals surface area contributed by atoms with Gasteiger partial charge in [-0.2, -0.15) is 0 Å². The number of likely N-dealkylation sites (N-methyl/N-ethyl adjacent to an activating group) is 1. The van der Waals surface area contributed by atoms with Crippen LogP contribution in [0.1, 0.15) is 149 Å². The predicted octanol–water partition coefficient (Wildman–Crippen LogP) is 9.46. The van der Waals surface area contributed by atoms with Gasteiger partial charge in [-0.3, -0.25) is 18.6 Å². The van der Waals surface area contributed by atoms with E-state index >= 15 is 0 Å². The molecule has 320 valence electrons. The van der Waals surface area contributed by atoms with Crippen molar-refractivity contribution in [2.75, 3.05) is 47.5 Å². The minimum absolute atomic E-state index is 0.00750. The number of carbonyl (C=O) groups is 2. The summed E-state index contributed by atoms with van der Waals surface area (Å²) in [5.74, 6) is -1.03. The monoisotopic (exact) mass is 801 g/mol. The van der Waals surface area contributed by atoms with Gasteiger partial charge in [0.05, 0.1) is 40.0 Å². The number of aliphatic hydroxyl groups excluding tert-OH is 2. The highest BCUT2D eigenvalue weighted by atomic mass is 31.2. The van der Waals surface area contributed by atoms with Gasteiger partial charge in [0, 0.05) is 12.8 Å². The van der Waals surface area contributed by atoms with E-state index in [0.717, 1.165) is 44.9 Å². The minimum Gasteiger partial charge on any atom is -0.462 e. The van der Waals surface area contributed by atoms with E-state index in [4.69, 9.17) is 18.5 Å². The van der Waals surface area contributed by atoms with Gasteiger partial charge < -0.3 is 29.1 Å². The third-order valence-electron chi connectivity index (χ3n) is 8.82. The van der Waals surface area contributed by atoms with E-state index in [1.807, 2.05) is 51.5 Å². The van der Waals surface area contributed by atoms with Crippen molar-refractivity contribution in [3.63, 3.8) is 0 Å². The Morgan fingerprint density at radius 3 is 1.67 bits per heavy atom. The number of ether oxygens (including phenoxy) is 2. The number of aliphatic hydroxyl groups is 2. The summed E-state index contributed by atoms with van der Waals surface area (Å²) in [7, 11) is 1.33. The summed E-state index contributed by atoms with van der Waals surface area (Å²) in [6, 6.07) is 0. The van der Waals surface area contributed by atoms with E-state index < -0.39 is 44.7 Å². The van der Waals surface area contributed by atoms with Crippen molar-refractivity contribution >= 4 is 19.8 Å². The largest absolute Gasteiger partial charge is 0.472 e. The molecule has 0 rings (SSSR count). The maximum absolute atomic E-state index is 12.7. The first-order chi connectivity index (χ1) is 26.3. The van der Waals surface area contributed by atoms with Gasteiger partial charge in [-0.25, -0.2) is 4.57 Å². The first kappa shape index (κ1) is 52.9. The summed E-state index contributed by atoms with van der Waals surface area (Å²) in [5, 5.41) is 20.2. The third-order valence-corrected chi connectivity index (χ3v) is 9.80. The lowest BCUT2D eigenvalue weighted by Gasteiger charge is -2.24. The second-order valence-corrected chi connectivity index (χ2v) is 16.9. The molecule has 0 amide bonds. The highest BCUT2D eigenvalue weighted by Crippen LogP contribution is 2.43. The van der Waals surface area contributed by atoms with Crippen LogP contribution in [0.2, 0.25) is 0 Å². The van der Waals surface area contributed by atoms with Crippen molar-refractivity contribution < 1.29 is 52.3 Å². The van der Waals surface area contributed by atoms with Crippen LogP contribution in [0.25, 0.3) is 0 Å². The highest BCUT2D eigenvalue weighted by Gasteiger charge is 2.27. The summed E-state index contributed by atoms with van der Waals surface area (Å²) < 4.78 is 34.0. The number of rotatable bonds is 37. The summed E-state index contributed by atoms with van der Waals surface area (Å²) in [4.78, 5) is 35.3. The summed E-state index contributed by atoms with van der Waals surface area (Å²) >= 11 is 0. The Labute approximate surface area is 334 Å². The molecule has 0 saturated carbocycles. The lowest BCUT2D eigenvalue weighted by atomic mass is 10.0. The molecule has 0 saturated heterocycles. The van der Waals surface area contributed by atoms with Gasteiger partial charge in [-0.15, -0.1) is 0 Å². The lowest BCUT2D eigenvalue weighted by molar-refractivity contribution is -0.870. The third kappa shape index (κ3) is 38.5. The zero-order valence-corrected chi connectivity index (χ0v) is 36.0. The number of unbranched alkanes of at least 4 members (excludes halogenated alkanes) is 13. The summed E-state index contributed by atoms with van der Waals surface area (Å²) in [5.41, 5.74) is 0. The van der Waals surface area contributed by atoms with Gasteiger partial charge >= 0.3 is 19.8 Å². The van der Waals surface area contributed by atoms with E-state index in [-0.39, 0.29) is 26.1 Å². The molecule has 55 heavy (non-hydrogen) atoms. The number of phosphoric ester groups is 1. The quantitative estimate of drug-likeness (QED) is 0.0182. The second kappa shape index (κ2) is 35.1. The van der Waals surface area contributed by atoms with Gasteiger partial charge in [0.2, 0.25) is 0 Å². The smallest absolute Gasteiger partial charge is 0.462 e. The number of allylic oxidation sites excluding steroid dienone is 6. The number of hydrogen-bond acceptors (Lipinski definition) is 9. The van der Waals surface area contributed by atoms with E-state index in [1.54, 1.807) is 18.2 Å². The standard InChI is InChI=1S/C43H78NO10P/c1-6-8-10-11-12-13-14-15-16-20-23-27-33-42(47)51-37-41(38-53-55(49,50)52-36-35-44(3,4)5)54-43(48)34-28-32-40(46)31-26-22-19-17-18-21-25-30-39(45)29-24-9-7-2/h18-19,21-22,25-26,30-31,39-41,45-46H,6-17,20,23-24,27-29,32-38H2,1-5H3/p+1/b21-18-,22-19-,30-25+,31-26+/t39-,40-,41-/m1/s1. The van der Waals surface area contributed by atoms with Crippen LogP contribution in [0, 0.1) is 0 Å². The maximum Gasteiger partial charge on any atom is 0.472 e. The zero-order chi connectivity index (χ0) is 41.0. The minimum atomic E-state index is -4.44.